The zero-order chi connectivity index (χ0) is 16.5. The van der Waals surface area contributed by atoms with E-state index in [1.807, 2.05) is 19.2 Å². The molecule has 0 spiro atoms. The highest BCUT2D eigenvalue weighted by Crippen LogP contribution is 2.40. The Labute approximate surface area is 148 Å². The molecule has 0 bridgehead atoms. The third-order valence-corrected chi connectivity index (χ3v) is 5.20. The third-order valence-electron chi connectivity index (χ3n) is 3.84. The number of halogens is 1. The van der Waals surface area contributed by atoms with Crippen LogP contribution in [0, 0.1) is 0 Å². The van der Waals surface area contributed by atoms with Crippen molar-refractivity contribution in [2.45, 2.75) is 25.3 Å². The summed E-state index contributed by atoms with van der Waals surface area (Å²) in [5, 5.41) is 14.2. The number of anilines is 2. The van der Waals surface area contributed by atoms with E-state index in [-0.39, 0.29) is 0 Å². The van der Waals surface area contributed by atoms with E-state index in [2.05, 4.69) is 36.9 Å². The first-order valence-corrected chi connectivity index (χ1v) is 9.01. The summed E-state index contributed by atoms with van der Waals surface area (Å²) in [6.45, 7) is 0.834. The first-order valence-electron chi connectivity index (χ1n) is 7.81. The van der Waals surface area contributed by atoms with Gasteiger partial charge in [-0.15, -0.1) is 11.3 Å². The van der Waals surface area contributed by atoms with Gasteiger partial charge in [-0.2, -0.15) is 5.10 Å². The molecule has 3 aromatic heterocycles. The van der Waals surface area contributed by atoms with Gasteiger partial charge < -0.3 is 10.6 Å². The van der Waals surface area contributed by atoms with Crippen LogP contribution in [0.3, 0.4) is 0 Å². The van der Waals surface area contributed by atoms with Gasteiger partial charge in [-0.1, -0.05) is 11.6 Å². The van der Waals surface area contributed by atoms with E-state index in [4.69, 9.17) is 11.6 Å². The van der Waals surface area contributed by atoms with Gasteiger partial charge in [-0.05, 0) is 32.0 Å². The number of aromatic nitrogens is 4. The zero-order valence-corrected chi connectivity index (χ0v) is 14.7. The van der Waals surface area contributed by atoms with E-state index in [1.54, 1.807) is 17.5 Å². The highest BCUT2D eigenvalue weighted by molar-refractivity contribution is 7.15. The van der Waals surface area contributed by atoms with E-state index in [9.17, 15) is 0 Å². The van der Waals surface area contributed by atoms with Crippen molar-refractivity contribution >= 4 is 34.6 Å². The normalized spacial score (nSPS) is 14.1. The van der Waals surface area contributed by atoms with E-state index in [0.717, 1.165) is 22.9 Å². The van der Waals surface area contributed by atoms with Gasteiger partial charge >= 0.3 is 0 Å². The minimum atomic E-state index is 0.474. The van der Waals surface area contributed by atoms with Gasteiger partial charge in [0.1, 0.15) is 5.02 Å². The Kier molecular flexibility index (Phi) is 4.22. The number of rotatable bonds is 6. The number of thiophene rings is 1. The molecule has 0 aromatic carbocycles. The van der Waals surface area contributed by atoms with Crippen molar-refractivity contribution in [3.8, 4) is 10.7 Å². The SMILES string of the molecule is CNCc1ccc(-c2ncc(Cl)c(Nc3cc(C4CC4)[nH]n3)n2)s1. The first kappa shape index (κ1) is 15.6. The van der Waals surface area contributed by atoms with Crippen molar-refractivity contribution in [2.24, 2.45) is 0 Å². The summed E-state index contributed by atoms with van der Waals surface area (Å²) in [4.78, 5) is 11.2. The zero-order valence-electron chi connectivity index (χ0n) is 13.1. The molecule has 0 aliphatic heterocycles. The number of H-pyrrole nitrogens is 1. The topological polar surface area (TPSA) is 78.5 Å². The Balaban J connectivity index is 1.57. The van der Waals surface area contributed by atoms with Gasteiger partial charge in [0.05, 0.1) is 11.1 Å². The summed E-state index contributed by atoms with van der Waals surface area (Å²) in [6, 6.07) is 6.13. The van der Waals surface area contributed by atoms with Crippen LogP contribution in [0.4, 0.5) is 11.6 Å². The van der Waals surface area contributed by atoms with Crippen molar-refractivity contribution < 1.29 is 0 Å². The maximum Gasteiger partial charge on any atom is 0.171 e. The van der Waals surface area contributed by atoms with Crippen LogP contribution in [0.15, 0.2) is 24.4 Å². The van der Waals surface area contributed by atoms with Gasteiger partial charge in [-0.3, -0.25) is 5.10 Å². The summed E-state index contributed by atoms with van der Waals surface area (Å²) in [6.07, 6.45) is 4.08. The van der Waals surface area contributed by atoms with Gasteiger partial charge in [0, 0.05) is 29.1 Å². The van der Waals surface area contributed by atoms with Crippen LogP contribution in [0.5, 0.6) is 0 Å². The number of hydrogen-bond donors (Lipinski definition) is 3. The predicted octanol–water partition coefficient (Wildman–Crippen LogP) is 3.92. The number of nitrogens with zero attached hydrogens (tertiary/aromatic N) is 3. The van der Waals surface area contributed by atoms with Crippen LogP contribution in [-0.2, 0) is 6.54 Å². The van der Waals surface area contributed by atoms with Crippen LogP contribution in [0.2, 0.25) is 5.02 Å². The lowest BCUT2D eigenvalue weighted by molar-refractivity contribution is 0.831. The molecule has 8 heteroatoms. The fourth-order valence-electron chi connectivity index (χ4n) is 2.47. The smallest absolute Gasteiger partial charge is 0.171 e. The van der Waals surface area contributed by atoms with Crippen LogP contribution in [0.1, 0.15) is 29.3 Å². The van der Waals surface area contributed by atoms with Gasteiger partial charge in [-0.25, -0.2) is 9.97 Å². The van der Waals surface area contributed by atoms with E-state index in [0.29, 0.717) is 22.6 Å². The molecule has 1 aliphatic carbocycles. The maximum absolute atomic E-state index is 6.24. The molecule has 6 nitrogen and oxygen atoms in total. The Hall–Kier alpha value is -1.96. The van der Waals surface area contributed by atoms with Gasteiger partial charge in [0.15, 0.2) is 17.5 Å². The van der Waals surface area contributed by atoms with Crippen molar-refractivity contribution in [1.82, 2.24) is 25.5 Å². The predicted molar refractivity (Wildman–Crippen MR) is 97.0 cm³/mol. The van der Waals surface area contributed by atoms with E-state index >= 15 is 0 Å². The molecule has 1 aliphatic rings. The fourth-order valence-corrected chi connectivity index (χ4v) is 3.57. The molecule has 0 atom stereocenters. The summed E-state index contributed by atoms with van der Waals surface area (Å²) < 4.78 is 0. The molecule has 124 valence electrons. The quantitative estimate of drug-likeness (QED) is 0.621. The minimum absolute atomic E-state index is 0.474. The molecule has 0 saturated heterocycles. The second kappa shape index (κ2) is 6.51. The molecular weight excluding hydrogens is 344 g/mol. The molecule has 3 N–H and O–H groups in total. The highest BCUT2D eigenvalue weighted by atomic mass is 35.5. The molecular formula is C16H17ClN6S. The monoisotopic (exact) mass is 360 g/mol. The average Bonchev–Trinajstić information content (AvgIpc) is 3.14. The summed E-state index contributed by atoms with van der Waals surface area (Å²) in [7, 11) is 1.93. The van der Waals surface area contributed by atoms with Gasteiger partial charge in [0.25, 0.3) is 0 Å². The highest BCUT2D eigenvalue weighted by Gasteiger charge is 2.25. The van der Waals surface area contributed by atoms with Crippen molar-refractivity contribution in [2.75, 3.05) is 12.4 Å². The van der Waals surface area contributed by atoms with Crippen LogP contribution in [0.25, 0.3) is 10.7 Å². The lowest BCUT2D eigenvalue weighted by atomic mass is 10.3. The second-order valence-corrected chi connectivity index (χ2v) is 7.37. The largest absolute Gasteiger partial charge is 0.322 e. The molecule has 1 fully saturated rings. The third kappa shape index (κ3) is 3.28. The maximum atomic E-state index is 6.24. The molecule has 4 rings (SSSR count). The number of nitrogens with one attached hydrogen (secondary N) is 3. The molecule has 1 saturated carbocycles. The molecule has 3 heterocycles. The van der Waals surface area contributed by atoms with Crippen molar-refractivity contribution in [3.05, 3.63) is 40.0 Å². The molecule has 0 radical (unpaired) electrons. The lowest BCUT2D eigenvalue weighted by Crippen LogP contribution is -2.02. The molecule has 3 aromatic rings. The van der Waals surface area contributed by atoms with Crippen LogP contribution in [-0.4, -0.2) is 27.2 Å². The minimum Gasteiger partial charge on any atom is -0.322 e. The van der Waals surface area contributed by atoms with Crippen molar-refractivity contribution in [3.63, 3.8) is 0 Å². The van der Waals surface area contributed by atoms with Crippen LogP contribution >= 0.6 is 22.9 Å². The summed E-state index contributed by atoms with van der Waals surface area (Å²) >= 11 is 7.91. The van der Waals surface area contributed by atoms with E-state index in [1.165, 1.54) is 17.7 Å². The lowest BCUT2D eigenvalue weighted by Gasteiger charge is -2.05. The Morgan fingerprint density at radius 2 is 2.25 bits per heavy atom. The molecule has 24 heavy (non-hydrogen) atoms. The van der Waals surface area contributed by atoms with Crippen LogP contribution < -0.4 is 10.6 Å². The summed E-state index contributed by atoms with van der Waals surface area (Å²) in [5.41, 5.74) is 1.16. The van der Waals surface area contributed by atoms with Gasteiger partial charge in [0.2, 0.25) is 0 Å². The van der Waals surface area contributed by atoms with Crippen molar-refractivity contribution in [1.29, 1.82) is 0 Å². The fraction of sp³-hybridized carbons (Fsp3) is 0.312. The molecule has 0 unspecified atom stereocenters. The summed E-state index contributed by atoms with van der Waals surface area (Å²) in [5.74, 6) is 2.58. The molecule has 0 amide bonds. The van der Waals surface area contributed by atoms with E-state index < -0.39 is 0 Å². The standard InChI is InChI=1S/C16H17ClN6S/c1-18-7-10-4-5-13(24-10)16-19-8-11(17)15(21-16)20-14-6-12(22-23-14)9-2-3-9/h4-6,8-9,18H,2-3,7H2,1H3,(H2,19,20,21,22,23). The Morgan fingerprint density at radius 1 is 1.38 bits per heavy atom. The first-order chi connectivity index (χ1) is 11.7. The number of aromatic amines is 1. The Bertz CT molecular complexity index is 854. The second-order valence-electron chi connectivity index (χ2n) is 5.79. The Morgan fingerprint density at radius 3 is 3.04 bits per heavy atom. The average molecular weight is 361 g/mol. The number of hydrogen-bond acceptors (Lipinski definition) is 6.